The zero-order valence-electron chi connectivity index (χ0n) is 14.4. The molecule has 140 valence electrons. The molecule has 0 spiro atoms. The second kappa shape index (κ2) is 6.56. The highest BCUT2D eigenvalue weighted by molar-refractivity contribution is 6.30. The number of hydrogen-bond acceptors (Lipinski definition) is 5. The summed E-state index contributed by atoms with van der Waals surface area (Å²) in [6.45, 7) is -0.109. The van der Waals surface area contributed by atoms with Crippen LogP contribution in [0.25, 0.3) is 0 Å². The van der Waals surface area contributed by atoms with E-state index in [0.717, 1.165) is 25.3 Å². The predicted molar refractivity (Wildman–Crippen MR) is 95.0 cm³/mol. The summed E-state index contributed by atoms with van der Waals surface area (Å²) in [5.41, 5.74) is 0.00655. The molecule has 1 aromatic heterocycles. The molecule has 1 N–H and O–H groups in total. The summed E-state index contributed by atoms with van der Waals surface area (Å²) in [5, 5.41) is 3.01. The van der Waals surface area contributed by atoms with E-state index in [4.69, 9.17) is 16.3 Å². The van der Waals surface area contributed by atoms with Crippen molar-refractivity contribution in [2.24, 2.45) is 5.41 Å². The van der Waals surface area contributed by atoms with Crippen molar-refractivity contribution >= 4 is 23.3 Å². The molecule has 8 heteroatoms. The maximum absolute atomic E-state index is 13.4. The fourth-order valence-electron chi connectivity index (χ4n) is 4.24. The number of nitrogens with zero attached hydrogens (tertiary/aromatic N) is 2. The van der Waals surface area contributed by atoms with Crippen molar-refractivity contribution in [1.29, 1.82) is 0 Å². The standard InChI is InChI=1S/C19H17ClFN3O3/c20-14-2-1-13(5-15(14)21)27-8-12(25)6-18-9-19(10-18,11-18)24-17(26)16-7-22-3-4-23-16/h1-5,7H,6,8-11H2,(H,24,26). The molecule has 0 saturated heterocycles. The van der Waals surface area contributed by atoms with Crippen molar-refractivity contribution < 1.29 is 18.7 Å². The van der Waals surface area contributed by atoms with Crippen LogP contribution in [0.4, 0.5) is 4.39 Å². The number of carbonyl (C=O) groups excluding carboxylic acids is 2. The first-order chi connectivity index (χ1) is 12.9. The molecule has 0 unspecified atom stereocenters. The fourth-order valence-corrected chi connectivity index (χ4v) is 4.36. The Morgan fingerprint density at radius 3 is 2.70 bits per heavy atom. The van der Waals surface area contributed by atoms with Crippen LogP contribution in [0, 0.1) is 11.2 Å². The van der Waals surface area contributed by atoms with Gasteiger partial charge in [-0.15, -0.1) is 0 Å². The lowest BCUT2D eigenvalue weighted by molar-refractivity contribution is -0.162. The number of hydrogen-bond donors (Lipinski definition) is 1. The molecule has 0 atom stereocenters. The van der Waals surface area contributed by atoms with Gasteiger partial charge in [-0.05, 0) is 36.8 Å². The second-order valence-corrected chi connectivity index (χ2v) is 7.84. The lowest BCUT2D eigenvalue weighted by atomic mass is 9.38. The van der Waals surface area contributed by atoms with Gasteiger partial charge in [0.25, 0.3) is 5.91 Å². The van der Waals surface area contributed by atoms with Crippen molar-refractivity contribution in [3.05, 3.63) is 53.3 Å². The Bertz CT molecular complexity index is 887. The van der Waals surface area contributed by atoms with Gasteiger partial charge in [0.05, 0.1) is 11.2 Å². The Kier molecular flexibility index (Phi) is 4.34. The molecule has 3 aliphatic rings. The molecule has 27 heavy (non-hydrogen) atoms. The Morgan fingerprint density at radius 2 is 2.04 bits per heavy atom. The number of amides is 1. The summed E-state index contributed by atoms with van der Waals surface area (Å²) in [6, 6.07) is 4.08. The molecular weight excluding hydrogens is 373 g/mol. The SMILES string of the molecule is O=C(COc1ccc(Cl)c(F)c1)CC12CC(NC(=O)c3cnccn3)(C1)C2. The van der Waals surface area contributed by atoms with Gasteiger partial charge >= 0.3 is 0 Å². The van der Waals surface area contributed by atoms with Crippen LogP contribution >= 0.6 is 11.6 Å². The average molecular weight is 390 g/mol. The van der Waals surface area contributed by atoms with Crippen LogP contribution in [0.3, 0.4) is 0 Å². The number of Topliss-reactive ketones (excluding diaryl/α,β-unsaturated/α-hetero) is 1. The van der Waals surface area contributed by atoms with E-state index in [0.29, 0.717) is 6.42 Å². The first-order valence-corrected chi connectivity index (χ1v) is 8.95. The van der Waals surface area contributed by atoms with E-state index in [-0.39, 0.29) is 45.7 Å². The first kappa shape index (κ1) is 17.9. The van der Waals surface area contributed by atoms with E-state index < -0.39 is 5.82 Å². The van der Waals surface area contributed by atoms with Crippen LogP contribution in [-0.4, -0.2) is 33.8 Å². The highest BCUT2D eigenvalue weighted by Crippen LogP contribution is 2.69. The summed E-state index contributed by atoms with van der Waals surface area (Å²) in [7, 11) is 0. The normalized spacial score (nSPS) is 25.1. The molecule has 3 fully saturated rings. The minimum atomic E-state index is -0.582. The number of rotatable bonds is 7. The zero-order valence-corrected chi connectivity index (χ0v) is 15.1. The summed E-state index contributed by atoms with van der Waals surface area (Å²) < 4.78 is 18.7. The Labute approximate surface area is 160 Å². The third kappa shape index (κ3) is 3.51. The van der Waals surface area contributed by atoms with Gasteiger partial charge in [-0.25, -0.2) is 9.37 Å². The summed E-state index contributed by atoms with van der Waals surface area (Å²) in [4.78, 5) is 32.3. The minimum Gasteiger partial charge on any atom is -0.486 e. The van der Waals surface area contributed by atoms with Crippen molar-refractivity contribution in [1.82, 2.24) is 15.3 Å². The zero-order chi connectivity index (χ0) is 19.1. The number of benzene rings is 1. The van der Waals surface area contributed by atoms with Crippen molar-refractivity contribution in [2.45, 2.75) is 31.2 Å². The molecule has 1 heterocycles. The van der Waals surface area contributed by atoms with Gasteiger partial charge in [0, 0.05) is 30.4 Å². The Morgan fingerprint density at radius 1 is 1.26 bits per heavy atom. The first-order valence-electron chi connectivity index (χ1n) is 8.57. The monoisotopic (exact) mass is 389 g/mol. The molecule has 5 rings (SSSR count). The molecular formula is C19H17ClFN3O3. The lowest BCUT2D eigenvalue weighted by Gasteiger charge is -2.70. The van der Waals surface area contributed by atoms with Crippen molar-refractivity contribution in [2.75, 3.05) is 6.61 Å². The van der Waals surface area contributed by atoms with Crippen LogP contribution in [0.2, 0.25) is 5.02 Å². The second-order valence-electron chi connectivity index (χ2n) is 7.44. The highest BCUT2D eigenvalue weighted by Gasteiger charge is 2.68. The number of nitrogens with one attached hydrogen (secondary N) is 1. The van der Waals surface area contributed by atoms with Crippen LogP contribution in [0.1, 0.15) is 36.2 Å². The van der Waals surface area contributed by atoms with E-state index in [1.165, 1.54) is 30.7 Å². The van der Waals surface area contributed by atoms with Crippen LogP contribution in [0.15, 0.2) is 36.8 Å². The molecule has 6 nitrogen and oxygen atoms in total. The van der Waals surface area contributed by atoms with Gasteiger partial charge < -0.3 is 10.1 Å². The van der Waals surface area contributed by atoms with Crippen molar-refractivity contribution in [3.8, 4) is 5.75 Å². The molecule has 3 saturated carbocycles. The third-order valence-electron chi connectivity index (χ3n) is 5.18. The molecule has 1 amide bonds. The molecule has 0 radical (unpaired) electrons. The van der Waals surface area contributed by atoms with Gasteiger partial charge in [0.15, 0.2) is 5.78 Å². The average Bonchev–Trinajstić information content (AvgIpc) is 2.60. The molecule has 2 aromatic rings. The molecule has 1 aromatic carbocycles. The van der Waals surface area contributed by atoms with E-state index in [2.05, 4.69) is 15.3 Å². The van der Waals surface area contributed by atoms with Crippen LogP contribution in [0.5, 0.6) is 5.75 Å². The van der Waals surface area contributed by atoms with E-state index in [9.17, 15) is 14.0 Å². The number of carbonyl (C=O) groups is 2. The number of ketones is 1. The van der Waals surface area contributed by atoms with Gasteiger partial charge in [-0.1, -0.05) is 11.6 Å². The van der Waals surface area contributed by atoms with Gasteiger partial charge in [0.1, 0.15) is 23.9 Å². The molecule has 2 bridgehead atoms. The highest BCUT2D eigenvalue weighted by atomic mass is 35.5. The smallest absolute Gasteiger partial charge is 0.271 e. The predicted octanol–water partition coefficient (Wildman–Crippen LogP) is 2.96. The van der Waals surface area contributed by atoms with Gasteiger partial charge in [-0.3, -0.25) is 14.6 Å². The summed E-state index contributed by atoms with van der Waals surface area (Å²) in [5.74, 6) is -0.591. The maximum atomic E-state index is 13.4. The van der Waals surface area contributed by atoms with Gasteiger partial charge in [-0.2, -0.15) is 0 Å². The molecule has 3 aliphatic carbocycles. The quantitative estimate of drug-likeness (QED) is 0.787. The lowest BCUT2D eigenvalue weighted by Crippen LogP contribution is -2.75. The van der Waals surface area contributed by atoms with E-state index >= 15 is 0 Å². The number of ether oxygens (including phenoxy) is 1. The van der Waals surface area contributed by atoms with Gasteiger partial charge in [0.2, 0.25) is 0 Å². The Hall–Kier alpha value is -2.54. The van der Waals surface area contributed by atoms with Crippen LogP contribution < -0.4 is 10.1 Å². The minimum absolute atomic E-state index is 0.0105. The number of halogens is 2. The van der Waals surface area contributed by atoms with E-state index in [1.54, 1.807) is 0 Å². The summed E-state index contributed by atoms with van der Waals surface area (Å²) >= 11 is 5.62. The largest absolute Gasteiger partial charge is 0.486 e. The van der Waals surface area contributed by atoms with E-state index in [1.807, 2.05) is 0 Å². The van der Waals surface area contributed by atoms with Crippen molar-refractivity contribution in [3.63, 3.8) is 0 Å². The third-order valence-corrected chi connectivity index (χ3v) is 5.48. The topological polar surface area (TPSA) is 81.2 Å². The maximum Gasteiger partial charge on any atom is 0.271 e. The Balaban J connectivity index is 1.24. The fraction of sp³-hybridized carbons (Fsp3) is 0.368. The van der Waals surface area contributed by atoms with Crippen LogP contribution in [-0.2, 0) is 4.79 Å². The molecule has 0 aliphatic heterocycles. The summed E-state index contributed by atoms with van der Waals surface area (Å²) in [6.07, 6.45) is 7.12. The number of aromatic nitrogens is 2.